The van der Waals surface area contributed by atoms with E-state index < -0.39 is 30.0 Å². The summed E-state index contributed by atoms with van der Waals surface area (Å²) in [4.78, 5) is 22.6. The number of carboxylic acid groups (broad SMARTS) is 1. The molecule has 1 aliphatic heterocycles. The summed E-state index contributed by atoms with van der Waals surface area (Å²) in [6.07, 6.45) is -4.68. The van der Waals surface area contributed by atoms with Crippen molar-refractivity contribution in [2.24, 2.45) is 11.8 Å². The van der Waals surface area contributed by atoms with Crippen molar-refractivity contribution < 1.29 is 27.9 Å². The predicted octanol–water partition coefficient (Wildman–Crippen LogP) is 1.51. The molecule has 1 N–H and O–H groups in total. The van der Waals surface area contributed by atoms with Crippen LogP contribution in [-0.2, 0) is 9.59 Å². The Bertz CT molecular complexity index is 329. The van der Waals surface area contributed by atoms with Gasteiger partial charge in [-0.15, -0.1) is 0 Å². The van der Waals surface area contributed by atoms with Gasteiger partial charge in [0.1, 0.15) is 0 Å². The average Bonchev–Trinajstić information content (AvgIpc) is 2.14. The molecular formula is C10H14F3NO3. The minimum atomic E-state index is -4.95. The summed E-state index contributed by atoms with van der Waals surface area (Å²) in [5, 5.41) is 8.88. The fourth-order valence-corrected chi connectivity index (χ4v) is 2.17. The molecule has 0 aromatic heterocycles. The van der Waals surface area contributed by atoms with Gasteiger partial charge in [-0.25, -0.2) is 0 Å². The fraction of sp³-hybridized carbons (Fsp3) is 0.800. The minimum absolute atomic E-state index is 0.236. The van der Waals surface area contributed by atoms with Crippen LogP contribution in [0.2, 0.25) is 0 Å². The smallest absolute Gasteiger partial charge is 0.471 e. The van der Waals surface area contributed by atoms with E-state index in [2.05, 4.69) is 0 Å². The Morgan fingerprint density at radius 3 is 2.24 bits per heavy atom. The van der Waals surface area contributed by atoms with Crippen molar-refractivity contribution in [2.45, 2.75) is 32.5 Å². The Labute approximate surface area is 96.4 Å². The van der Waals surface area contributed by atoms with Gasteiger partial charge in [0.2, 0.25) is 0 Å². The molecule has 1 saturated heterocycles. The second kappa shape index (κ2) is 4.54. The quantitative estimate of drug-likeness (QED) is 0.770. The first kappa shape index (κ1) is 13.8. The maximum Gasteiger partial charge on any atom is 0.471 e. The lowest BCUT2D eigenvalue weighted by Gasteiger charge is -2.40. The summed E-state index contributed by atoms with van der Waals surface area (Å²) >= 11 is 0. The number of carbonyl (C=O) groups excluding carboxylic acids is 1. The van der Waals surface area contributed by atoms with Gasteiger partial charge < -0.3 is 10.0 Å². The number of piperidine rings is 1. The van der Waals surface area contributed by atoms with Crippen LogP contribution in [0.15, 0.2) is 0 Å². The largest absolute Gasteiger partial charge is 0.481 e. The van der Waals surface area contributed by atoms with Gasteiger partial charge in [-0.3, -0.25) is 9.59 Å². The normalized spacial score (nSPS) is 30.2. The van der Waals surface area contributed by atoms with Crippen LogP contribution < -0.4 is 0 Å². The lowest BCUT2D eigenvalue weighted by atomic mass is 9.83. The van der Waals surface area contributed by atoms with Crippen LogP contribution in [0.1, 0.15) is 20.3 Å². The zero-order valence-electron chi connectivity index (χ0n) is 9.49. The van der Waals surface area contributed by atoms with Gasteiger partial charge in [0.15, 0.2) is 0 Å². The van der Waals surface area contributed by atoms with Gasteiger partial charge >= 0.3 is 18.1 Å². The third-order valence-corrected chi connectivity index (χ3v) is 3.15. The minimum Gasteiger partial charge on any atom is -0.481 e. The maximum atomic E-state index is 12.3. The van der Waals surface area contributed by atoms with Crippen molar-refractivity contribution in [3.63, 3.8) is 0 Å². The second-order valence-corrected chi connectivity index (χ2v) is 4.46. The molecule has 0 aliphatic carbocycles. The van der Waals surface area contributed by atoms with Crippen molar-refractivity contribution in [3.8, 4) is 0 Å². The number of alkyl halides is 3. The molecule has 3 atom stereocenters. The van der Waals surface area contributed by atoms with Crippen LogP contribution in [0.4, 0.5) is 13.2 Å². The highest BCUT2D eigenvalue weighted by Crippen LogP contribution is 2.31. The number of amides is 1. The number of aliphatic carboxylic acids is 1. The first-order valence-corrected chi connectivity index (χ1v) is 5.25. The molecule has 0 bridgehead atoms. The van der Waals surface area contributed by atoms with E-state index in [1.54, 1.807) is 6.92 Å². The first-order chi connectivity index (χ1) is 7.64. The van der Waals surface area contributed by atoms with Crippen LogP contribution in [0.3, 0.4) is 0 Å². The van der Waals surface area contributed by atoms with Crippen LogP contribution >= 0.6 is 0 Å². The second-order valence-electron chi connectivity index (χ2n) is 4.46. The molecule has 1 heterocycles. The highest BCUT2D eigenvalue weighted by atomic mass is 19.4. The van der Waals surface area contributed by atoms with E-state index in [1.807, 2.05) is 0 Å². The molecule has 1 amide bonds. The lowest BCUT2D eigenvalue weighted by Crippen LogP contribution is -2.54. The first-order valence-electron chi connectivity index (χ1n) is 5.25. The SMILES string of the molecule is CC1CC(C)N(C(=O)C(F)(F)F)CC1C(=O)O. The number of halogens is 3. The van der Waals surface area contributed by atoms with Gasteiger partial charge in [-0.2, -0.15) is 13.2 Å². The number of carboxylic acids is 1. The monoisotopic (exact) mass is 253 g/mol. The highest BCUT2D eigenvalue weighted by Gasteiger charge is 2.47. The Hall–Kier alpha value is -1.27. The standard InChI is InChI=1S/C10H14F3NO3/c1-5-3-6(2)14(4-7(5)8(15)16)9(17)10(11,12)13/h5-7H,3-4H2,1-2H3,(H,15,16). The Morgan fingerprint density at radius 1 is 1.29 bits per heavy atom. The fourth-order valence-electron chi connectivity index (χ4n) is 2.17. The summed E-state index contributed by atoms with van der Waals surface area (Å²) in [6.45, 7) is 2.79. The van der Waals surface area contributed by atoms with Crippen LogP contribution in [0, 0.1) is 11.8 Å². The molecule has 1 aliphatic rings. The number of nitrogens with zero attached hydrogens (tertiary/aromatic N) is 1. The lowest BCUT2D eigenvalue weighted by molar-refractivity contribution is -0.191. The Kier molecular flexibility index (Phi) is 3.68. The van der Waals surface area contributed by atoms with Crippen LogP contribution in [0.25, 0.3) is 0 Å². The highest BCUT2D eigenvalue weighted by molar-refractivity contribution is 5.83. The van der Waals surface area contributed by atoms with E-state index >= 15 is 0 Å². The Morgan fingerprint density at radius 2 is 1.82 bits per heavy atom. The molecule has 0 saturated carbocycles. The van der Waals surface area contributed by atoms with E-state index in [4.69, 9.17) is 5.11 Å². The molecule has 0 aromatic rings. The van der Waals surface area contributed by atoms with Crippen molar-refractivity contribution >= 4 is 11.9 Å². The molecule has 1 rings (SSSR count). The summed E-state index contributed by atoms with van der Waals surface area (Å²) in [6, 6.07) is -0.588. The van der Waals surface area contributed by atoms with E-state index in [9.17, 15) is 22.8 Å². The van der Waals surface area contributed by atoms with Gasteiger partial charge in [0, 0.05) is 12.6 Å². The van der Waals surface area contributed by atoms with Crippen molar-refractivity contribution in [2.75, 3.05) is 6.54 Å². The third kappa shape index (κ3) is 2.89. The number of likely N-dealkylation sites (tertiary alicyclic amines) is 1. The third-order valence-electron chi connectivity index (χ3n) is 3.15. The summed E-state index contributed by atoms with van der Waals surface area (Å²) in [5.41, 5.74) is 0. The summed E-state index contributed by atoms with van der Waals surface area (Å²) < 4.78 is 36.9. The van der Waals surface area contributed by atoms with Crippen LogP contribution in [-0.4, -0.2) is 40.6 Å². The zero-order chi connectivity index (χ0) is 13.4. The molecule has 4 nitrogen and oxygen atoms in total. The van der Waals surface area contributed by atoms with Crippen molar-refractivity contribution in [1.82, 2.24) is 4.90 Å². The Balaban J connectivity index is 2.87. The van der Waals surface area contributed by atoms with Crippen LogP contribution in [0.5, 0.6) is 0 Å². The van der Waals surface area contributed by atoms with E-state index in [1.165, 1.54) is 6.92 Å². The molecular weight excluding hydrogens is 239 g/mol. The predicted molar refractivity (Wildman–Crippen MR) is 52.1 cm³/mol. The van der Waals surface area contributed by atoms with Crippen molar-refractivity contribution in [1.29, 1.82) is 0 Å². The molecule has 98 valence electrons. The van der Waals surface area contributed by atoms with E-state index in [0.29, 0.717) is 4.90 Å². The molecule has 17 heavy (non-hydrogen) atoms. The maximum absolute atomic E-state index is 12.3. The molecule has 0 spiro atoms. The van der Waals surface area contributed by atoms with E-state index in [-0.39, 0.29) is 18.9 Å². The molecule has 3 unspecified atom stereocenters. The van der Waals surface area contributed by atoms with Gasteiger partial charge in [0.05, 0.1) is 5.92 Å². The van der Waals surface area contributed by atoms with Gasteiger partial charge in [-0.05, 0) is 19.3 Å². The summed E-state index contributed by atoms with van der Waals surface area (Å²) in [5.74, 6) is -4.29. The zero-order valence-corrected chi connectivity index (χ0v) is 9.49. The molecule has 0 aromatic carbocycles. The van der Waals surface area contributed by atoms with Gasteiger partial charge in [0.25, 0.3) is 0 Å². The number of rotatable bonds is 1. The molecule has 1 fully saturated rings. The number of carbonyl (C=O) groups is 2. The number of hydrogen-bond acceptors (Lipinski definition) is 2. The molecule has 0 radical (unpaired) electrons. The number of hydrogen-bond donors (Lipinski definition) is 1. The summed E-state index contributed by atoms with van der Waals surface area (Å²) in [7, 11) is 0. The topological polar surface area (TPSA) is 57.6 Å². The van der Waals surface area contributed by atoms with Crippen molar-refractivity contribution in [3.05, 3.63) is 0 Å². The van der Waals surface area contributed by atoms with Gasteiger partial charge in [-0.1, -0.05) is 6.92 Å². The molecule has 7 heteroatoms. The average molecular weight is 253 g/mol. The van der Waals surface area contributed by atoms with E-state index in [0.717, 1.165) is 0 Å².